The van der Waals surface area contributed by atoms with Crippen LogP contribution in [-0.2, 0) is 10.0 Å². The Morgan fingerprint density at radius 1 is 1.41 bits per heavy atom. The second-order valence-electron chi connectivity index (χ2n) is 5.40. The molecular weight excluding hydrogens is 324 g/mol. The zero-order valence-corrected chi connectivity index (χ0v) is 13.9. The molecule has 0 bridgehead atoms. The number of rotatable bonds is 3. The maximum absolute atomic E-state index is 12.9. The second kappa shape index (κ2) is 5.64. The van der Waals surface area contributed by atoms with E-state index < -0.39 is 10.0 Å². The standard InChI is InChI=1S/C14H17ClN4O2S/c1-9-10(2)18-14(17-9)11-5-4-8-19(11)22(20,21)12-6-3-7-16-13(12)15/h3,6-7,11H,4-5,8H2,1-2H3,(H,17,18). The molecule has 3 heterocycles. The van der Waals surface area contributed by atoms with E-state index in [2.05, 4.69) is 15.0 Å². The number of H-pyrrole nitrogens is 1. The van der Waals surface area contributed by atoms with Crippen molar-refractivity contribution in [2.24, 2.45) is 0 Å². The van der Waals surface area contributed by atoms with Gasteiger partial charge in [0.25, 0.3) is 0 Å². The molecule has 0 aromatic carbocycles. The van der Waals surface area contributed by atoms with Gasteiger partial charge in [-0.15, -0.1) is 0 Å². The summed E-state index contributed by atoms with van der Waals surface area (Å²) < 4.78 is 27.2. The van der Waals surface area contributed by atoms with Gasteiger partial charge in [-0.1, -0.05) is 11.6 Å². The molecule has 1 saturated heterocycles. The molecule has 3 rings (SSSR count). The van der Waals surface area contributed by atoms with Crippen LogP contribution in [0.4, 0.5) is 0 Å². The number of hydrogen-bond acceptors (Lipinski definition) is 4. The molecule has 0 saturated carbocycles. The molecule has 6 nitrogen and oxygen atoms in total. The fourth-order valence-corrected chi connectivity index (χ4v) is 4.81. The number of aromatic nitrogens is 3. The van der Waals surface area contributed by atoms with E-state index in [1.165, 1.54) is 16.6 Å². The van der Waals surface area contributed by atoms with Gasteiger partial charge in [-0.25, -0.2) is 18.4 Å². The summed E-state index contributed by atoms with van der Waals surface area (Å²) in [4.78, 5) is 11.6. The summed E-state index contributed by atoms with van der Waals surface area (Å²) in [5.41, 5.74) is 1.84. The van der Waals surface area contributed by atoms with Gasteiger partial charge in [0.05, 0.1) is 11.7 Å². The Kier molecular flexibility index (Phi) is 3.96. The van der Waals surface area contributed by atoms with Crippen LogP contribution < -0.4 is 0 Å². The summed E-state index contributed by atoms with van der Waals surface area (Å²) >= 11 is 5.97. The monoisotopic (exact) mass is 340 g/mol. The van der Waals surface area contributed by atoms with Crippen LogP contribution in [0.25, 0.3) is 0 Å². The molecule has 1 aliphatic heterocycles. The first-order valence-electron chi connectivity index (χ1n) is 7.06. The van der Waals surface area contributed by atoms with E-state index >= 15 is 0 Å². The van der Waals surface area contributed by atoms with Gasteiger partial charge in [0.2, 0.25) is 10.0 Å². The molecule has 1 N–H and O–H groups in total. The van der Waals surface area contributed by atoms with E-state index in [1.807, 2.05) is 13.8 Å². The fraction of sp³-hybridized carbons (Fsp3) is 0.429. The molecule has 2 aromatic rings. The Labute approximate surface area is 134 Å². The first-order valence-corrected chi connectivity index (χ1v) is 8.88. The molecule has 0 aliphatic carbocycles. The highest BCUT2D eigenvalue weighted by Crippen LogP contribution is 2.36. The molecule has 1 atom stereocenters. The summed E-state index contributed by atoms with van der Waals surface area (Å²) in [5, 5.41) is -0.0000407. The molecule has 1 unspecified atom stereocenters. The Morgan fingerprint density at radius 2 is 2.18 bits per heavy atom. The van der Waals surface area contributed by atoms with Gasteiger partial charge in [0.15, 0.2) is 0 Å². The van der Waals surface area contributed by atoms with E-state index in [9.17, 15) is 8.42 Å². The van der Waals surface area contributed by atoms with Crippen molar-refractivity contribution in [3.63, 3.8) is 0 Å². The zero-order valence-electron chi connectivity index (χ0n) is 12.4. The van der Waals surface area contributed by atoms with E-state index in [4.69, 9.17) is 11.6 Å². The molecule has 22 heavy (non-hydrogen) atoms. The maximum atomic E-state index is 12.9. The van der Waals surface area contributed by atoms with Crippen molar-refractivity contribution >= 4 is 21.6 Å². The molecule has 8 heteroatoms. The number of pyridine rings is 1. The van der Waals surface area contributed by atoms with Gasteiger partial charge < -0.3 is 4.98 Å². The third-order valence-corrected chi connectivity index (χ3v) is 6.33. The van der Waals surface area contributed by atoms with E-state index in [0.717, 1.165) is 24.2 Å². The van der Waals surface area contributed by atoms with Crippen molar-refractivity contribution in [3.05, 3.63) is 40.7 Å². The number of aryl methyl sites for hydroxylation is 2. The average Bonchev–Trinajstić information content (AvgIpc) is 3.07. The third-order valence-electron chi connectivity index (χ3n) is 3.98. The van der Waals surface area contributed by atoms with Crippen LogP contribution in [0.2, 0.25) is 5.15 Å². The molecule has 1 aliphatic rings. The lowest BCUT2D eigenvalue weighted by Gasteiger charge is -2.22. The first kappa shape index (κ1) is 15.5. The highest BCUT2D eigenvalue weighted by atomic mass is 35.5. The fourth-order valence-electron chi connectivity index (χ4n) is 2.72. The molecule has 2 aromatic heterocycles. The summed E-state index contributed by atoms with van der Waals surface area (Å²) in [5.74, 6) is 0.691. The van der Waals surface area contributed by atoms with Gasteiger partial charge in [0, 0.05) is 18.4 Å². The van der Waals surface area contributed by atoms with Crippen molar-refractivity contribution in [1.29, 1.82) is 0 Å². The Bertz CT molecular complexity index is 783. The smallest absolute Gasteiger partial charge is 0.246 e. The highest BCUT2D eigenvalue weighted by molar-refractivity contribution is 7.89. The zero-order chi connectivity index (χ0) is 15.9. The predicted molar refractivity (Wildman–Crippen MR) is 83.2 cm³/mol. The number of halogens is 1. The molecule has 118 valence electrons. The predicted octanol–water partition coefficient (Wildman–Crippen LogP) is 2.60. The minimum absolute atomic E-state index is 0.0000407. The lowest BCUT2D eigenvalue weighted by atomic mass is 10.2. The van der Waals surface area contributed by atoms with E-state index in [0.29, 0.717) is 12.4 Å². The first-order chi connectivity index (χ1) is 10.4. The van der Waals surface area contributed by atoms with Crippen molar-refractivity contribution < 1.29 is 8.42 Å². The van der Waals surface area contributed by atoms with Crippen LogP contribution in [0.3, 0.4) is 0 Å². The van der Waals surface area contributed by atoms with Crippen molar-refractivity contribution in [3.8, 4) is 0 Å². The largest absolute Gasteiger partial charge is 0.345 e. The SMILES string of the molecule is Cc1nc(C2CCCN2S(=O)(=O)c2cccnc2Cl)[nH]c1C. The van der Waals surface area contributed by atoms with Gasteiger partial charge >= 0.3 is 0 Å². The number of nitrogens with one attached hydrogen (secondary N) is 1. The Hall–Kier alpha value is -1.44. The topological polar surface area (TPSA) is 79.0 Å². The maximum Gasteiger partial charge on any atom is 0.246 e. The van der Waals surface area contributed by atoms with Crippen LogP contribution in [0.5, 0.6) is 0 Å². The Balaban J connectivity index is 2.01. The van der Waals surface area contributed by atoms with Crippen LogP contribution in [-0.4, -0.2) is 34.2 Å². The normalized spacial score (nSPS) is 19.7. The molecule has 0 radical (unpaired) electrons. The van der Waals surface area contributed by atoms with Gasteiger partial charge in [-0.3, -0.25) is 0 Å². The molecular formula is C14H17ClN4O2S. The van der Waals surface area contributed by atoms with E-state index in [-0.39, 0.29) is 16.1 Å². The molecule has 0 amide bonds. The summed E-state index contributed by atoms with van der Waals surface area (Å²) in [6, 6.07) is 2.78. The molecule has 0 spiro atoms. The summed E-state index contributed by atoms with van der Waals surface area (Å²) in [6.45, 7) is 4.29. The van der Waals surface area contributed by atoms with Crippen molar-refractivity contribution in [1.82, 2.24) is 19.3 Å². The summed E-state index contributed by atoms with van der Waals surface area (Å²) in [6.07, 6.45) is 3.01. The van der Waals surface area contributed by atoms with Crippen molar-refractivity contribution in [2.45, 2.75) is 37.6 Å². The van der Waals surface area contributed by atoms with E-state index in [1.54, 1.807) is 6.07 Å². The van der Waals surface area contributed by atoms with Crippen molar-refractivity contribution in [2.75, 3.05) is 6.54 Å². The third kappa shape index (κ3) is 2.53. The number of sulfonamides is 1. The summed E-state index contributed by atoms with van der Waals surface area (Å²) in [7, 11) is -3.69. The van der Waals surface area contributed by atoms with Gasteiger partial charge in [-0.2, -0.15) is 4.31 Å². The average molecular weight is 341 g/mol. The minimum Gasteiger partial charge on any atom is -0.345 e. The number of imidazole rings is 1. The molecule has 1 fully saturated rings. The number of aromatic amines is 1. The minimum atomic E-state index is -3.69. The number of hydrogen-bond donors (Lipinski definition) is 1. The van der Waals surface area contributed by atoms with Crippen LogP contribution >= 0.6 is 11.6 Å². The van der Waals surface area contributed by atoms with Gasteiger partial charge in [0.1, 0.15) is 15.9 Å². The van der Waals surface area contributed by atoms with Crippen LogP contribution in [0, 0.1) is 13.8 Å². The van der Waals surface area contributed by atoms with Crippen LogP contribution in [0.15, 0.2) is 23.2 Å². The lowest BCUT2D eigenvalue weighted by molar-refractivity contribution is 0.384. The van der Waals surface area contributed by atoms with Gasteiger partial charge in [-0.05, 0) is 38.8 Å². The Morgan fingerprint density at radius 3 is 2.82 bits per heavy atom. The highest BCUT2D eigenvalue weighted by Gasteiger charge is 2.38. The van der Waals surface area contributed by atoms with Crippen LogP contribution in [0.1, 0.15) is 36.1 Å². The quantitative estimate of drug-likeness (QED) is 0.871. The number of nitrogens with zero attached hydrogens (tertiary/aromatic N) is 3. The lowest BCUT2D eigenvalue weighted by Crippen LogP contribution is -2.31. The second-order valence-corrected chi connectivity index (χ2v) is 7.62.